The number of hydrogen-bond acceptors (Lipinski definition) is 5. The molecule has 0 bridgehead atoms. The lowest BCUT2D eigenvalue weighted by Gasteiger charge is -2.27. The first-order chi connectivity index (χ1) is 13.1. The van der Waals surface area contributed by atoms with Crippen LogP contribution in [-0.4, -0.2) is 21.8 Å². The van der Waals surface area contributed by atoms with Gasteiger partial charge in [-0.1, -0.05) is 18.2 Å². The molecule has 1 atom stereocenters. The van der Waals surface area contributed by atoms with Crippen molar-refractivity contribution in [1.29, 1.82) is 0 Å². The van der Waals surface area contributed by atoms with Gasteiger partial charge in [-0.3, -0.25) is 19.5 Å². The molecular formula is C21H16N2O4. The second-order valence-corrected chi connectivity index (χ2v) is 6.21. The molecule has 0 radical (unpaired) electrons. The number of aromatic nitrogens is 1. The number of amides is 1. The van der Waals surface area contributed by atoms with E-state index in [0.29, 0.717) is 11.3 Å². The molecule has 1 amide bonds. The molecule has 3 heterocycles. The molecule has 2 aromatic heterocycles. The van der Waals surface area contributed by atoms with Gasteiger partial charge >= 0.3 is 0 Å². The van der Waals surface area contributed by atoms with Gasteiger partial charge in [0.05, 0.1) is 17.9 Å². The number of anilines is 1. The fourth-order valence-electron chi connectivity index (χ4n) is 3.32. The molecule has 3 aromatic rings. The summed E-state index contributed by atoms with van der Waals surface area (Å²) in [7, 11) is 0. The van der Waals surface area contributed by atoms with Crippen LogP contribution in [-0.2, 0) is 4.79 Å². The summed E-state index contributed by atoms with van der Waals surface area (Å²) < 4.78 is 5.20. The molecular weight excluding hydrogens is 344 g/mol. The van der Waals surface area contributed by atoms with E-state index in [9.17, 15) is 14.7 Å². The molecule has 27 heavy (non-hydrogen) atoms. The van der Waals surface area contributed by atoms with Gasteiger partial charge in [0.2, 0.25) is 5.78 Å². The zero-order valence-corrected chi connectivity index (χ0v) is 14.5. The summed E-state index contributed by atoms with van der Waals surface area (Å²) in [5.41, 5.74) is 2.13. The third-order valence-corrected chi connectivity index (χ3v) is 4.59. The first-order valence-electron chi connectivity index (χ1n) is 8.40. The van der Waals surface area contributed by atoms with E-state index in [4.69, 9.17) is 4.42 Å². The number of furan rings is 1. The number of aliphatic hydroxyl groups is 1. The van der Waals surface area contributed by atoms with Gasteiger partial charge in [-0.15, -0.1) is 0 Å². The number of nitrogens with zero attached hydrogens (tertiary/aromatic N) is 2. The molecule has 1 aromatic carbocycles. The number of carbonyl (C=O) groups excluding carboxylic acids is 2. The van der Waals surface area contributed by atoms with Crippen molar-refractivity contribution in [2.45, 2.75) is 13.0 Å². The van der Waals surface area contributed by atoms with Crippen molar-refractivity contribution in [2.24, 2.45) is 0 Å². The fraction of sp³-hybridized carbons (Fsp3) is 0.0952. The highest BCUT2D eigenvalue weighted by molar-refractivity contribution is 6.20. The Morgan fingerprint density at radius 3 is 2.52 bits per heavy atom. The minimum absolute atomic E-state index is 0.00981. The maximum absolute atomic E-state index is 13.0. The lowest BCUT2D eigenvalue weighted by Crippen LogP contribution is -2.31. The Hall–Kier alpha value is -3.67. The Kier molecular flexibility index (Phi) is 4.08. The number of Topliss-reactive ketones (excluding diaryl/α,β-unsaturated/α-hetero) is 1. The molecule has 134 valence electrons. The van der Waals surface area contributed by atoms with Gasteiger partial charge in [0, 0.05) is 18.1 Å². The monoisotopic (exact) mass is 360 g/mol. The topological polar surface area (TPSA) is 83.6 Å². The molecule has 6 heteroatoms. The Morgan fingerprint density at radius 2 is 1.85 bits per heavy atom. The molecule has 0 spiro atoms. The summed E-state index contributed by atoms with van der Waals surface area (Å²) in [6.45, 7) is 1.87. The number of ketones is 1. The number of aryl methyl sites for hydroxylation is 1. The van der Waals surface area contributed by atoms with E-state index >= 15 is 0 Å². The van der Waals surface area contributed by atoms with Gasteiger partial charge in [-0.25, -0.2) is 0 Å². The highest BCUT2D eigenvalue weighted by Crippen LogP contribution is 2.42. The normalized spacial score (nSPS) is 16.9. The van der Waals surface area contributed by atoms with Crippen molar-refractivity contribution < 1.29 is 19.1 Å². The second kappa shape index (κ2) is 6.57. The average molecular weight is 360 g/mol. The summed E-state index contributed by atoms with van der Waals surface area (Å²) in [6, 6.07) is 13.1. The largest absolute Gasteiger partial charge is 0.503 e. The van der Waals surface area contributed by atoms with Gasteiger partial charge in [0.25, 0.3) is 5.91 Å². The molecule has 1 aliphatic heterocycles. The summed E-state index contributed by atoms with van der Waals surface area (Å²) >= 11 is 0. The smallest absolute Gasteiger partial charge is 0.294 e. The van der Waals surface area contributed by atoms with Crippen molar-refractivity contribution in [3.63, 3.8) is 0 Å². The van der Waals surface area contributed by atoms with E-state index in [1.807, 2.05) is 25.1 Å². The van der Waals surface area contributed by atoms with Crippen LogP contribution in [0.15, 0.2) is 82.9 Å². The van der Waals surface area contributed by atoms with Crippen molar-refractivity contribution in [2.75, 3.05) is 4.90 Å². The van der Waals surface area contributed by atoms with Gasteiger partial charge in [0.15, 0.2) is 11.5 Å². The minimum atomic E-state index is -0.779. The van der Waals surface area contributed by atoms with Crippen molar-refractivity contribution in [3.05, 3.63) is 95.4 Å². The number of aliphatic hydroxyl groups excluding tert-OH is 1. The number of para-hydroxylation sites is 1. The fourth-order valence-corrected chi connectivity index (χ4v) is 3.32. The molecule has 0 aliphatic carbocycles. The lowest BCUT2D eigenvalue weighted by molar-refractivity contribution is -0.117. The molecule has 1 unspecified atom stereocenters. The molecule has 1 aliphatic rings. The molecule has 4 rings (SSSR count). The van der Waals surface area contributed by atoms with Crippen molar-refractivity contribution in [1.82, 2.24) is 4.98 Å². The molecule has 6 nitrogen and oxygen atoms in total. The Bertz CT molecular complexity index is 1040. The van der Waals surface area contributed by atoms with Gasteiger partial charge in [-0.05, 0) is 48.4 Å². The van der Waals surface area contributed by atoms with Crippen LogP contribution >= 0.6 is 0 Å². The first-order valence-corrected chi connectivity index (χ1v) is 8.40. The van der Waals surface area contributed by atoms with Gasteiger partial charge in [-0.2, -0.15) is 0 Å². The standard InChI is InChI=1S/C21H16N2O4/c1-13-5-2-3-6-15(13)23-18(14-8-10-22-11-9-14)17(20(25)21(23)26)19(24)16-7-4-12-27-16/h2-12,18,25H,1H3. The van der Waals surface area contributed by atoms with Crippen LogP contribution in [0.3, 0.4) is 0 Å². The van der Waals surface area contributed by atoms with E-state index in [1.54, 1.807) is 36.7 Å². The van der Waals surface area contributed by atoms with E-state index < -0.39 is 23.5 Å². The van der Waals surface area contributed by atoms with E-state index in [2.05, 4.69) is 4.98 Å². The highest BCUT2D eigenvalue weighted by atomic mass is 16.3. The van der Waals surface area contributed by atoms with Gasteiger partial charge in [0.1, 0.15) is 0 Å². The summed E-state index contributed by atoms with van der Waals surface area (Å²) in [5.74, 6) is -1.65. The van der Waals surface area contributed by atoms with E-state index in [-0.39, 0.29) is 11.3 Å². The predicted octanol–water partition coefficient (Wildman–Crippen LogP) is 3.77. The Morgan fingerprint density at radius 1 is 1.11 bits per heavy atom. The zero-order chi connectivity index (χ0) is 19.0. The third-order valence-electron chi connectivity index (χ3n) is 4.59. The molecule has 0 fully saturated rings. The number of pyridine rings is 1. The SMILES string of the molecule is Cc1ccccc1N1C(=O)C(O)=C(C(=O)c2ccco2)C1c1ccncc1. The maximum Gasteiger partial charge on any atom is 0.294 e. The second-order valence-electron chi connectivity index (χ2n) is 6.21. The molecule has 1 N–H and O–H groups in total. The van der Waals surface area contributed by atoms with Crippen LogP contribution in [0.5, 0.6) is 0 Å². The van der Waals surface area contributed by atoms with Crippen LogP contribution in [0.4, 0.5) is 5.69 Å². The van der Waals surface area contributed by atoms with Crippen LogP contribution in [0, 0.1) is 6.92 Å². The predicted molar refractivity (Wildman–Crippen MR) is 98.3 cm³/mol. The quantitative estimate of drug-likeness (QED) is 0.716. The van der Waals surface area contributed by atoms with Crippen LogP contribution in [0.2, 0.25) is 0 Å². The van der Waals surface area contributed by atoms with Crippen LogP contribution in [0.1, 0.15) is 27.7 Å². The average Bonchev–Trinajstić information content (AvgIpc) is 3.31. The van der Waals surface area contributed by atoms with Crippen LogP contribution in [0.25, 0.3) is 0 Å². The van der Waals surface area contributed by atoms with Crippen molar-refractivity contribution in [3.8, 4) is 0 Å². The Labute approximate surface area is 155 Å². The van der Waals surface area contributed by atoms with E-state index in [1.165, 1.54) is 17.2 Å². The Balaban J connectivity index is 1.91. The minimum Gasteiger partial charge on any atom is -0.503 e. The van der Waals surface area contributed by atoms with Crippen LogP contribution < -0.4 is 4.90 Å². The summed E-state index contributed by atoms with van der Waals surface area (Å²) in [4.78, 5) is 31.4. The summed E-state index contributed by atoms with van der Waals surface area (Å²) in [6.07, 6.45) is 4.54. The maximum atomic E-state index is 13.0. The van der Waals surface area contributed by atoms with Crippen molar-refractivity contribution >= 4 is 17.4 Å². The lowest BCUT2D eigenvalue weighted by atomic mass is 9.95. The zero-order valence-electron chi connectivity index (χ0n) is 14.5. The summed E-state index contributed by atoms with van der Waals surface area (Å²) in [5, 5.41) is 10.6. The van der Waals surface area contributed by atoms with E-state index in [0.717, 1.165) is 5.56 Å². The molecule has 0 saturated carbocycles. The number of carbonyl (C=O) groups is 2. The number of benzene rings is 1. The first kappa shape index (κ1) is 16.8. The third kappa shape index (κ3) is 2.71. The number of hydrogen-bond donors (Lipinski definition) is 1. The number of rotatable bonds is 4. The highest BCUT2D eigenvalue weighted by Gasteiger charge is 2.45. The molecule has 0 saturated heterocycles. The van der Waals surface area contributed by atoms with Gasteiger partial charge < -0.3 is 9.52 Å².